The van der Waals surface area contributed by atoms with Gasteiger partial charge >= 0.3 is 0 Å². The average Bonchev–Trinajstić information content (AvgIpc) is 2.51. The Morgan fingerprint density at radius 1 is 1.30 bits per heavy atom. The van der Waals surface area contributed by atoms with Crippen LogP contribution < -0.4 is 9.64 Å². The maximum atomic E-state index is 13.3. The summed E-state index contributed by atoms with van der Waals surface area (Å²) in [6.07, 6.45) is -0.701. The Kier molecular flexibility index (Phi) is 3.85. The molecular weight excluding hydrogens is 299 g/mol. The van der Waals surface area contributed by atoms with Gasteiger partial charge in [-0.1, -0.05) is 12.1 Å². The molecule has 1 N–H and O–H groups in total. The molecule has 0 fully saturated rings. The van der Waals surface area contributed by atoms with Crippen LogP contribution in [0.5, 0.6) is 11.5 Å². The Balaban J connectivity index is 1.93. The van der Waals surface area contributed by atoms with E-state index in [2.05, 4.69) is 0 Å². The number of nitriles is 1. The monoisotopic (exact) mass is 312 g/mol. The number of benzene rings is 2. The molecule has 5 nitrogen and oxygen atoms in total. The maximum absolute atomic E-state index is 13.3. The molecule has 3 rings (SSSR count). The number of carbonyl (C=O) groups excluding carboxylic acids is 1. The van der Waals surface area contributed by atoms with Gasteiger partial charge in [-0.2, -0.15) is 5.26 Å². The Bertz CT molecular complexity index is 801. The lowest BCUT2D eigenvalue weighted by atomic mass is 10.0. The van der Waals surface area contributed by atoms with Gasteiger partial charge in [0.25, 0.3) is 5.91 Å². The largest absolute Gasteiger partial charge is 0.508 e. The minimum absolute atomic E-state index is 0.000452. The lowest BCUT2D eigenvalue weighted by Crippen LogP contribution is -2.47. The van der Waals surface area contributed by atoms with Crippen molar-refractivity contribution in [3.05, 3.63) is 53.8 Å². The molecule has 23 heavy (non-hydrogen) atoms. The summed E-state index contributed by atoms with van der Waals surface area (Å²) in [5.41, 5.74) is 1.05. The van der Waals surface area contributed by atoms with Gasteiger partial charge in [0.15, 0.2) is 6.10 Å². The highest BCUT2D eigenvalue weighted by Gasteiger charge is 2.34. The molecule has 0 saturated carbocycles. The van der Waals surface area contributed by atoms with Gasteiger partial charge < -0.3 is 9.84 Å². The molecule has 2 aromatic carbocycles. The summed E-state index contributed by atoms with van der Waals surface area (Å²) in [5.74, 6) is -0.438. The summed E-state index contributed by atoms with van der Waals surface area (Å²) in [5, 5.41) is 18.5. The SMILES string of the molecule is N#CCN1C(=O)C(Cc2cccc(F)c2)Oc2cc(O)ccc21. The third-order valence-corrected chi connectivity index (χ3v) is 3.58. The summed E-state index contributed by atoms with van der Waals surface area (Å²) in [6, 6.07) is 12.2. The molecule has 2 aromatic rings. The number of hydrogen-bond acceptors (Lipinski definition) is 4. The van der Waals surface area contributed by atoms with Crippen LogP contribution in [0.3, 0.4) is 0 Å². The van der Waals surface area contributed by atoms with Gasteiger partial charge in [0, 0.05) is 12.5 Å². The Morgan fingerprint density at radius 3 is 2.87 bits per heavy atom. The second-order valence-electron chi connectivity index (χ2n) is 5.18. The van der Waals surface area contributed by atoms with Crippen LogP contribution in [0.4, 0.5) is 10.1 Å². The number of fused-ring (bicyclic) bond motifs is 1. The first-order chi connectivity index (χ1) is 11.1. The van der Waals surface area contributed by atoms with Gasteiger partial charge in [0.05, 0.1) is 11.8 Å². The lowest BCUT2D eigenvalue weighted by molar-refractivity contribution is -0.126. The predicted molar refractivity (Wildman–Crippen MR) is 80.6 cm³/mol. The number of phenolic OH excluding ortho intramolecular Hbond substituents is 1. The molecule has 0 spiro atoms. The molecule has 116 valence electrons. The highest BCUT2D eigenvalue weighted by molar-refractivity contribution is 6.00. The molecule has 0 bridgehead atoms. The molecule has 6 heteroatoms. The number of phenols is 1. The number of amides is 1. The predicted octanol–water partition coefficient (Wildman–Crippen LogP) is 2.39. The fourth-order valence-electron chi connectivity index (χ4n) is 2.56. The van der Waals surface area contributed by atoms with Crippen molar-refractivity contribution in [3.8, 4) is 17.6 Å². The van der Waals surface area contributed by atoms with E-state index in [1.165, 1.54) is 35.2 Å². The molecule has 1 amide bonds. The van der Waals surface area contributed by atoms with Crippen molar-refractivity contribution in [1.29, 1.82) is 5.26 Å². The number of anilines is 1. The second-order valence-corrected chi connectivity index (χ2v) is 5.18. The van der Waals surface area contributed by atoms with Crippen LogP contribution in [0.25, 0.3) is 0 Å². The Hall–Kier alpha value is -3.07. The number of halogens is 1. The van der Waals surface area contributed by atoms with Crippen molar-refractivity contribution in [3.63, 3.8) is 0 Å². The molecular formula is C17H13FN2O3. The van der Waals surface area contributed by atoms with E-state index < -0.39 is 11.9 Å². The quantitative estimate of drug-likeness (QED) is 0.883. The average molecular weight is 312 g/mol. The van der Waals surface area contributed by atoms with E-state index in [1.807, 2.05) is 6.07 Å². The van der Waals surface area contributed by atoms with Gasteiger partial charge in [0.1, 0.15) is 23.9 Å². The van der Waals surface area contributed by atoms with E-state index >= 15 is 0 Å². The summed E-state index contributed by atoms with van der Waals surface area (Å²) < 4.78 is 19.0. The minimum atomic E-state index is -0.876. The summed E-state index contributed by atoms with van der Waals surface area (Å²) in [4.78, 5) is 13.9. The van der Waals surface area contributed by atoms with Crippen molar-refractivity contribution in [2.45, 2.75) is 12.5 Å². The molecule has 0 radical (unpaired) electrons. The van der Waals surface area contributed by atoms with Gasteiger partial charge in [-0.05, 0) is 29.8 Å². The van der Waals surface area contributed by atoms with Crippen molar-refractivity contribution in [1.82, 2.24) is 0 Å². The van der Waals surface area contributed by atoms with Crippen LogP contribution in [-0.4, -0.2) is 23.7 Å². The first kappa shape index (κ1) is 14.9. The summed E-state index contributed by atoms with van der Waals surface area (Å²) in [6.45, 7) is -0.125. The molecule has 1 aliphatic heterocycles. The van der Waals surface area contributed by atoms with Crippen molar-refractivity contribution >= 4 is 11.6 Å². The number of hydrogen-bond donors (Lipinski definition) is 1. The van der Waals surface area contributed by atoms with Crippen molar-refractivity contribution in [2.24, 2.45) is 0 Å². The van der Waals surface area contributed by atoms with Crippen LogP contribution >= 0.6 is 0 Å². The van der Waals surface area contributed by atoms with Crippen LogP contribution in [0, 0.1) is 17.1 Å². The number of nitrogens with zero attached hydrogens (tertiary/aromatic N) is 2. The highest BCUT2D eigenvalue weighted by atomic mass is 19.1. The number of ether oxygens (including phenoxy) is 1. The van der Waals surface area contributed by atoms with Gasteiger partial charge in [-0.25, -0.2) is 4.39 Å². The van der Waals surface area contributed by atoms with E-state index in [4.69, 9.17) is 10.00 Å². The standard InChI is InChI=1S/C17H13FN2O3/c18-12-3-1-2-11(8-12)9-16-17(22)20(7-6-19)14-5-4-13(21)10-15(14)23-16/h1-5,8,10,16,21H,7,9H2. The van der Waals surface area contributed by atoms with Gasteiger partial charge in [-0.3, -0.25) is 9.69 Å². The number of aromatic hydroxyl groups is 1. The second kappa shape index (κ2) is 5.97. The smallest absolute Gasteiger partial charge is 0.269 e. The fourth-order valence-corrected chi connectivity index (χ4v) is 2.56. The Labute approximate surface area is 132 Å². The Morgan fingerprint density at radius 2 is 2.13 bits per heavy atom. The van der Waals surface area contributed by atoms with Crippen LogP contribution in [-0.2, 0) is 11.2 Å². The first-order valence-electron chi connectivity index (χ1n) is 7.01. The van der Waals surface area contributed by atoms with Gasteiger partial charge in [0.2, 0.25) is 0 Å². The van der Waals surface area contributed by atoms with Crippen LogP contribution in [0.15, 0.2) is 42.5 Å². The highest BCUT2D eigenvalue weighted by Crippen LogP contribution is 2.37. The molecule has 0 aliphatic carbocycles. The molecule has 1 heterocycles. The van der Waals surface area contributed by atoms with Crippen LogP contribution in [0.1, 0.15) is 5.56 Å². The van der Waals surface area contributed by atoms with E-state index in [0.29, 0.717) is 17.0 Å². The molecule has 1 aliphatic rings. The van der Waals surface area contributed by atoms with E-state index in [1.54, 1.807) is 12.1 Å². The first-order valence-corrected chi connectivity index (χ1v) is 7.01. The molecule has 1 atom stereocenters. The topological polar surface area (TPSA) is 73.6 Å². The third kappa shape index (κ3) is 2.94. The summed E-state index contributed by atoms with van der Waals surface area (Å²) >= 11 is 0. The zero-order valence-corrected chi connectivity index (χ0v) is 12.1. The van der Waals surface area contributed by atoms with E-state index in [9.17, 15) is 14.3 Å². The normalized spacial score (nSPS) is 16.4. The maximum Gasteiger partial charge on any atom is 0.269 e. The zero-order valence-electron chi connectivity index (χ0n) is 12.1. The zero-order chi connectivity index (χ0) is 16.4. The van der Waals surface area contributed by atoms with Gasteiger partial charge in [-0.15, -0.1) is 0 Å². The molecule has 0 aromatic heterocycles. The van der Waals surface area contributed by atoms with Crippen LogP contribution in [0.2, 0.25) is 0 Å². The molecule has 0 saturated heterocycles. The minimum Gasteiger partial charge on any atom is -0.508 e. The third-order valence-electron chi connectivity index (χ3n) is 3.58. The van der Waals surface area contributed by atoms with Crippen molar-refractivity contribution < 1.29 is 19.0 Å². The fraction of sp³-hybridized carbons (Fsp3) is 0.176. The number of carbonyl (C=O) groups is 1. The molecule has 1 unspecified atom stereocenters. The van der Waals surface area contributed by atoms with E-state index in [0.717, 1.165) is 0 Å². The lowest BCUT2D eigenvalue weighted by Gasteiger charge is -2.33. The van der Waals surface area contributed by atoms with Crippen molar-refractivity contribution in [2.75, 3.05) is 11.4 Å². The summed E-state index contributed by atoms with van der Waals surface area (Å²) in [7, 11) is 0. The number of rotatable bonds is 3. The van der Waals surface area contributed by atoms with E-state index in [-0.39, 0.29) is 24.6 Å².